The number of hydrogen-bond acceptors (Lipinski definition) is 4. The van der Waals surface area contributed by atoms with E-state index in [0.29, 0.717) is 29.5 Å². The largest absolute Gasteiger partial charge is 0.354 e. The highest BCUT2D eigenvalue weighted by atomic mass is 35.5. The number of amides is 1. The summed E-state index contributed by atoms with van der Waals surface area (Å²) in [5.74, 6) is 0.464. The molecule has 1 amide bonds. The first kappa shape index (κ1) is 19.8. The Morgan fingerprint density at radius 1 is 1.10 bits per heavy atom. The van der Waals surface area contributed by atoms with E-state index in [1.54, 1.807) is 7.05 Å². The quantitative estimate of drug-likeness (QED) is 0.487. The van der Waals surface area contributed by atoms with Crippen LogP contribution in [0, 0.1) is 0 Å². The summed E-state index contributed by atoms with van der Waals surface area (Å²) in [5.41, 5.74) is 2.56. The van der Waals surface area contributed by atoms with E-state index in [-0.39, 0.29) is 11.8 Å². The van der Waals surface area contributed by atoms with Gasteiger partial charge in [-0.05, 0) is 47.2 Å². The van der Waals surface area contributed by atoms with Crippen molar-refractivity contribution in [3.05, 3.63) is 83.6 Å². The summed E-state index contributed by atoms with van der Waals surface area (Å²) >= 11 is 6.04. The minimum atomic E-state index is -0.0636. The van der Waals surface area contributed by atoms with E-state index < -0.39 is 0 Å². The van der Waals surface area contributed by atoms with E-state index in [0.717, 1.165) is 11.1 Å². The number of carbonyl (C=O) groups excluding carboxylic acids is 1. The monoisotopic (exact) mass is 420 g/mol. The van der Waals surface area contributed by atoms with Gasteiger partial charge in [-0.25, -0.2) is 0 Å². The SMILES string of the molecule is Cn1nnc(-c2cccc(NC(=O)C[C@@H](Cn3cccc3)c3ccc(Cl)cc3)c2)n1. The summed E-state index contributed by atoms with van der Waals surface area (Å²) in [7, 11) is 1.71. The van der Waals surface area contributed by atoms with Crippen LogP contribution in [0.2, 0.25) is 5.02 Å². The van der Waals surface area contributed by atoms with Gasteiger partial charge < -0.3 is 9.88 Å². The zero-order chi connectivity index (χ0) is 20.9. The lowest BCUT2D eigenvalue weighted by atomic mass is 9.95. The number of tetrazole rings is 1. The highest BCUT2D eigenvalue weighted by Crippen LogP contribution is 2.25. The Balaban J connectivity index is 1.49. The number of benzene rings is 2. The molecule has 1 N–H and O–H groups in total. The van der Waals surface area contributed by atoms with E-state index in [1.165, 1.54) is 4.80 Å². The average molecular weight is 421 g/mol. The lowest BCUT2D eigenvalue weighted by Crippen LogP contribution is -2.18. The van der Waals surface area contributed by atoms with E-state index in [1.807, 2.05) is 73.1 Å². The minimum absolute atomic E-state index is 0.0134. The lowest BCUT2D eigenvalue weighted by Gasteiger charge is -2.18. The van der Waals surface area contributed by atoms with Gasteiger partial charge in [-0.1, -0.05) is 35.9 Å². The van der Waals surface area contributed by atoms with Crippen molar-refractivity contribution in [3.63, 3.8) is 0 Å². The minimum Gasteiger partial charge on any atom is -0.354 e. The van der Waals surface area contributed by atoms with Gasteiger partial charge in [-0.15, -0.1) is 10.2 Å². The highest BCUT2D eigenvalue weighted by molar-refractivity contribution is 6.30. The van der Waals surface area contributed by atoms with E-state index in [2.05, 4.69) is 25.3 Å². The topological polar surface area (TPSA) is 77.6 Å². The van der Waals surface area contributed by atoms with Crippen LogP contribution in [0.25, 0.3) is 11.4 Å². The molecule has 2 aromatic carbocycles. The smallest absolute Gasteiger partial charge is 0.225 e. The zero-order valence-electron chi connectivity index (χ0n) is 16.4. The number of rotatable bonds is 7. The Morgan fingerprint density at radius 2 is 1.87 bits per heavy atom. The number of carbonyl (C=O) groups is 1. The maximum absolute atomic E-state index is 12.8. The molecule has 30 heavy (non-hydrogen) atoms. The molecule has 7 nitrogen and oxygen atoms in total. The molecular weight excluding hydrogens is 400 g/mol. The van der Waals surface area contributed by atoms with Crippen molar-refractivity contribution >= 4 is 23.2 Å². The van der Waals surface area contributed by atoms with Gasteiger partial charge in [-0.3, -0.25) is 4.79 Å². The Morgan fingerprint density at radius 3 is 2.57 bits per heavy atom. The van der Waals surface area contributed by atoms with Crippen molar-refractivity contribution in [3.8, 4) is 11.4 Å². The van der Waals surface area contributed by atoms with Gasteiger partial charge in [0, 0.05) is 47.6 Å². The molecule has 4 aromatic rings. The second-order valence-corrected chi connectivity index (χ2v) is 7.50. The summed E-state index contributed by atoms with van der Waals surface area (Å²) < 4.78 is 2.08. The van der Waals surface area contributed by atoms with E-state index in [9.17, 15) is 4.79 Å². The van der Waals surface area contributed by atoms with Crippen molar-refractivity contribution in [2.75, 3.05) is 5.32 Å². The lowest BCUT2D eigenvalue weighted by molar-refractivity contribution is -0.116. The fraction of sp³-hybridized carbons (Fsp3) is 0.182. The number of halogens is 1. The molecule has 1 atom stereocenters. The Hall–Kier alpha value is -3.45. The van der Waals surface area contributed by atoms with Crippen molar-refractivity contribution in [1.82, 2.24) is 24.8 Å². The van der Waals surface area contributed by atoms with Gasteiger partial charge in [-0.2, -0.15) is 4.80 Å². The standard InChI is InChI=1S/C22H21ClN6O/c1-28-26-22(25-27-28)17-5-4-6-20(13-17)24-21(30)14-18(15-29-11-2-3-12-29)16-7-9-19(23)10-8-16/h2-13,18H,14-15H2,1H3,(H,24,30)/t18-/m0/s1. The number of nitrogens with one attached hydrogen (secondary N) is 1. The Bertz CT molecular complexity index is 1120. The fourth-order valence-electron chi connectivity index (χ4n) is 3.34. The van der Waals surface area contributed by atoms with Gasteiger partial charge in [0.2, 0.25) is 11.7 Å². The molecule has 4 rings (SSSR count). The van der Waals surface area contributed by atoms with Gasteiger partial charge in [0.15, 0.2) is 0 Å². The second-order valence-electron chi connectivity index (χ2n) is 7.06. The number of anilines is 1. The molecule has 0 unspecified atom stereocenters. The van der Waals surface area contributed by atoms with Gasteiger partial charge in [0.25, 0.3) is 0 Å². The molecular formula is C22H21ClN6O. The van der Waals surface area contributed by atoms with Gasteiger partial charge in [0.1, 0.15) is 0 Å². The Labute approximate surface area is 179 Å². The molecule has 0 radical (unpaired) electrons. The molecule has 0 saturated carbocycles. The van der Waals surface area contributed by atoms with Crippen LogP contribution < -0.4 is 5.32 Å². The third kappa shape index (κ3) is 4.93. The molecule has 0 aliphatic carbocycles. The number of hydrogen-bond donors (Lipinski definition) is 1. The molecule has 8 heteroatoms. The van der Waals surface area contributed by atoms with Crippen molar-refractivity contribution in [2.24, 2.45) is 7.05 Å². The first-order valence-corrected chi connectivity index (χ1v) is 9.95. The third-order valence-corrected chi connectivity index (χ3v) is 5.04. The number of nitrogens with zero attached hydrogens (tertiary/aromatic N) is 5. The van der Waals surface area contributed by atoms with Crippen LogP contribution in [0.15, 0.2) is 73.1 Å². The van der Waals surface area contributed by atoms with Crippen LogP contribution in [0.4, 0.5) is 5.69 Å². The maximum atomic E-state index is 12.8. The first-order valence-electron chi connectivity index (χ1n) is 9.57. The van der Waals surface area contributed by atoms with E-state index in [4.69, 9.17) is 11.6 Å². The molecule has 0 aliphatic rings. The van der Waals surface area contributed by atoms with E-state index >= 15 is 0 Å². The maximum Gasteiger partial charge on any atom is 0.225 e. The molecule has 2 aromatic heterocycles. The van der Waals surface area contributed by atoms with Crippen LogP contribution >= 0.6 is 11.6 Å². The predicted octanol–water partition coefficient (Wildman–Crippen LogP) is 4.14. The van der Waals surface area contributed by atoms with Crippen LogP contribution in [0.3, 0.4) is 0 Å². The van der Waals surface area contributed by atoms with Crippen molar-refractivity contribution < 1.29 is 4.79 Å². The molecule has 0 spiro atoms. The molecule has 2 heterocycles. The number of aryl methyl sites for hydroxylation is 1. The predicted molar refractivity (Wildman–Crippen MR) is 116 cm³/mol. The van der Waals surface area contributed by atoms with Crippen molar-refractivity contribution in [2.45, 2.75) is 18.9 Å². The number of aromatic nitrogens is 5. The third-order valence-electron chi connectivity index (χ3n) is 4.78. The summed E-state index contributed by atoms with van der Waals surface area (Å²) in [6.07, 6.45) is 4.34. The molecule has 152 valence electrons. The van der Waals surface area contributed by atoms with Gasteiger partial charge >= 0.3 is 0 Å². The van der Waals surface area contributed by atoms with Crippen LogP contribution in [-0.2, 0) is 18.4 Å². The molecule has 0 aliphatic heterocycles. The Kier molecular flexibility index (Phi) is 5.90. The molecule has 0 fully saturated rings. The summed E-state index contributed by atoms with van der Waals surface area (Å²) in [6.45, 7) is 0.700. The highest BCUT2D eigenvalue weighted by Gasteiger charge is 2.17. The first-order chi connectivity index (χ1) is 14.6. The summed E-state index contributed by atoms with van der Waals surface area (Å²) in [5, 5.41) is 15.8. The normalized spacial score (nSPS) is 11.9. The average Bonchev–Trinajstić information content (AvgIpc) is 3.40. The van der Waals surface area contributed by atoms with Gasteiger partial charge in [0.05, 0.1) is 7.05 Å². The van der Waals surface area contributed by atoms with Crippen LogP contribution in [0.5, 0.6) is 0 Å². The fourth-order valence-corrected chi connectivity index (χ4v) is 3.47. The summed E-state index contributed by atoms with van der Waals surface area (Å²) in [4.78, 5) is 14.3. The zero-order valence-corrected chi connectivity index (χ0v) is 17.2. The molecule has 0 bridgehead atoms. The summed E-state index contributed by atoms with van der Waals surface area (Å²) in [6, 6.07) is 19.1. The van der Waals surface area contributed by atoms with Crippen LogP contribution in [-0.4, -0.2) is 30.7 Å². The second kappa shape index (κ2) is 8.92. The molecule has 0 saturated heterocycles. The van der Waals surface area contributed by atoms with Crippen molar-refractivity contribution in [1.29, 1.82) is 0 Å². The van der Waals surface area contributed by atoms with Crippen LogP contribution in [0.1, 0.15) is 17.9 Å².